The molecule has 3 heteroatoms. The molecule has 0 saturated carbocycles. The Kier molecular flexibility index (Phi) is 8.27. The summed E-state index contributed by atoms with van der Waals surface area (Å²) >= 11 is 0. The number of benzene rings is 9. The lowest BCUT2D eigenvalue weighted by Gasteiger charge is -2.25. The summed E-state index contributed by atoms with van der Waals surface area (Å²) in [5, 5.41) is 4.98. The number of nitrogens with zero attached hydrogens (tertiary/aromatic N) is 3. The van der Waals surface area contributed by atoms with Gasteiger partial charge >= 0.3 is 0 Å². The van der Waals surface area contributed by atoms with E-state index in [0.717, 1.165) is 17.1 Å². The molecule has 0 spiro atoms. The molecule has 11 aromatic rings. The summed E-state index contributed by atoms with van der Waals surface area (Å²) in [7, 11) is 0. The quantitative estimate of drug-likeness (QED) is 0.158. The van der Waals surface area contributed by atoms with Gasteiger partial charge in [0.05, 0.1) is 22.1 Å². The molecule has 0 radical (unpaired) electrons. The van der Waals surface area contributed by atoms with Crippen LogP contribution in [0.5, 0.6) is 0 Å². The highest BCUT2D eigenvalue weighted by Crippen LogP contribution is 2.41. The van der Waals surface area contributed by atoms with Gasteiger partial charge in [-0.2, -0.15) is 0 Å². The molecule has 59 heavy (non-hydrogen) atoms. The molecular formula is C56H41N3. The van der Waals surface area contributed by atoms with Crippen LogP contribution in [0.1, 0.15) is 11.1 Å². The van der Waals surface area contributed by atoms with Gasteiger partial charge in [-0.3, -0.25) is 0 Å². The lowest BCUT2D eigenvalue weighted by atomic mass is 9.99. The van der Waals surface area contributed by atoms with Gasteiger partial charge in [-0.1, -0.05) is 109 Å². The lowest BCUT2D eigenvalue weighted by Crippen LogP contribution is -2.09. The highest BCUT2D eigenvalue weighted by Gasteiger charge is 2.18. The Morgan fingerprint density at radius 3 is 1.22 bits per heavy atom. The first-order valence-electron chi connectivity index (χ1n) is 20.3. The zero-order chi connectivity index (χ0) is 39.5. The SMILES string of the molecule is Cc1cc(C)cc(-n2c3ccc(-c4ccc(N(c5ccccc5)c5ccccc5)cc4)cc3c3cc(-c4ccc5c(c4)c4ccccc4n5-c4ccccc4)ccc32)c1. The number of anilines is 3. The molecule has 3 nitrogen and oxygen atoms in total. The standard InChI is InChI=1S/C56H41N3/c1-38-32-39(2)34-48(33-38)59-55-29-24-41(40-22-27-47(28-23-40)57(44-14-6-3-7-15-44)45-16-8-4-9-17-45)35-51(55)52-37-43(26-31-56(52)59)42-25-30-54-50(36-42)49-20-12-13-21-53(49)58(54)46-18-10-5-11-19-46/h3-37H,1-2H3. The summed E-state index contributed by atoms with van der Waals surface area (Å²) in [5.41, 5.74) is 17.8. The molecule has 0 aliphatic carbocycles. The van der Waals surface area contributed by atoms with Crippen LogP contribution in [-0.4, -0.2) is 9.13 Å². The summed E-state index contributed by atoms with van der Waals surface area (Å²) in [6.07, 6.45) is 0. The third-order valence-corrected chi connectivity index (χ3v) is 11.7. The molecule has 11 rings (SSSR count). The fourth-order valence-corrected chi connectivity index (χ4v) is 9.15. The molecule has 0 fully saturated rings. The fraction of sp³-hybridized carbons (Fsp3) is 0.0357. The maximum Gasteiger partial charge on any atom is 0.0541 e. The van der Waals surface area contributed by atoms with Crippen LogP contribution in [0.3, 0.4) is 0 Å². The van der Waals surface area contributed by atoms with Crippen molar-refractivity contribution in [2.24, 2.45) is 0 Å². The highest BCUT2D eigenvalue weighted by molar-refractivity contribution is 6.13. The van der Waals surface area contributed by atoms with Crippen LogP contribution in [0.2, 0.25) is 0 Å². The Morgan fingerprint density at radius 2 is 0.678 bits per heavy atom. The molecule has 0 N–H and O–H groups in total. The van der Waals surface area contributed by atoms with Gasteiger partial charge in [0.25, 0.3) is 0 Å². The average molecular weight is 756 g/mol. The number of fused-ring (bicyclic) bond motifs is 6. The van der Waals surface area contributed by atoms with Gasteiger partial charge in [0.1, 0.15) is 0 Å². The van der Waals surface area contributed by atoms with Crippen molar-refractivity contribution >= 4 is 60.7 Å². The van der Waals surface area contributed by atoms with Crippen molar-refractivity contribution < 1.29 is 0 Å². The normalized spacial score (nSPS) is 11.6. The van der Waals surface area contributed by atoms with Crippen molar-refractivity contribution in [3.05, 3.63) is 223 Å². The van der Waals surface area contributed by atoms with Gasteiger partial charge in [0.2, 0.25) is 0 Å². The number of hydrogen-bond donors (Lipinski definition) is 0. The summed E-state index contributed by atoms with van der Waals surface area (Å²) < 4.78 is 4.82. The Bertz CT molecular complexity index is 3260. The molecule has 2 aromatic heterocycles. The Morgan fingerprint density at radius 1 is 0.288 bits per heavy atom. The first-order chi connectivity index (χ1) is 29.1. The molecule has 0 unspecified atom stereocenters. The van der Waals surface area contributed by atoms with E-state index >= 15 is 0 Å². The average Bonchev–Trinajstić information content (AvgIpc) is 3.79. The second-order valence-corrected chi connectivity index (χ2v) is 15.6. The van der Waals surface area contributed by atoms with Crippen molar-refractivity contribution in [3.8, 4) is 33.6 Å². The zero-order valence-corrected chi connectivity index (χ0v) is 33.0. The van der Waals surface area contributed by atoms with Crippen LogP contribution in [0.15, 0.2) is 212 Å². The molecule has 0 atom stereocenters. The minimum absolute atomic E-state index is 1.12. The van der Waals surface area contributed by atoms with Gasteiger partial charge in [-0.25, -0.2) is 0 Å². The minimum Gasteiger partial charge on any atom is -0.311 e. The van der Waals surface area contributed by atoms with Crippen molar-refractivity contribution in [3.63, 3.8) is 0 Å². The smallest absolute Gasteiger partial charge is 0.0541 e. The van der Waals surface area contributed by atoms with Gasteiger partial charge in [0, 0.05) is 50.0 Å². The number of aryl methyl sites for hydroxylation is 2. The molecule has 2 heterocycles. The third-order valence-electron chi connectivity index (χ3n) is 11.7. The van der Waals surface area contributed by atoms with E-state index in [4.69, 9.17) is 0 Å². The fourth-order valence-electron chi connectivity index (χ4n) is 9.15. The van der Waals surface area contributed by atoms with Crippen LogP contribution in [0.25, 0.3) is 77.2 Å². The van der Waals surface area contributed by atoms with Gasteiger partial charge < -0.3 is 14.0 Å². The Hall–Kier alpha value is -7.62. The lowest BCUT2D eigenvalue weighted by molar-refractivity contribution is 1.16. The number of hydrogen-bond acceptors (Lipinski definition) is 1. The van der Waals surface area contributed by atoms with Crippen LogP contribution < -0.4 is 4.90 Å². The van der Waals surface area contributed by atoms with Gasteiger partial charge in [0.15, 0.2) is 0 Å². The second kappa shape index (κ2) is 14.1. The van der Waals surface area contributed by atoms with Crippen LogP contribution in [-0.2, 0) is 0 Å². The molecule has 9 aromatic carbocycles. The summed E-state index contributed by atoms with van der Waals surface area (Å²) in [6.45, 7) is 4.37. The number of para-hydroxylation sites is 4. The predicted octanol–water partition coefficient (Wildman–Crippen LogP) is 15.3. The summed E-state index contributed by atoms with van der Waals surface area (Å²) in [6, 6.07) is 77.3. The molecule has 280 valence electrons. The van der Waals surface area contributed by atoms with E-state index < -0.39 is 0 Å². The zero-order valence-electron chi connectivity index (χ0n) is 33.0. The largest absolute Gasteiger partial charge is 0.311 e. The van der Waals surface area contributed by atoms with E-state index in [-0.39, 0.29) is 0 Å². The second-order valence-electron chi connectivity index (χ2n) is 15.6. The molecule has 0 aliphatic rings. The maximum absolute atomic E-state index is 2.44. The number of aromatic nitrogens is 2. The molecule has 0 amide bonds. The maximum atomic E-state index is 2.44. The van der Waals surface area contributed by atoms with E-state index in [1.807, 2.05) is 0 Å². The van der Waals surface area contributed by atoms with E-state index in [1.165, 1.54) is 88.4 Å². The first kappa shape index (κ1) is 34.6. The predicted molar refractivity (Wildman–Crippen MR) is 250 cm³/mol. The van der Waals surface area contributed by atoms with Crippen LogP contribution >= 0.6 is 0 Å². The van der Waals surface area contributed by atoms with Crippen molar-refractivity contribution in [1.82, 2.24) is 9.13 Å². The van der Waals surface area contributed by atoms with E-state index in [1.54, 1.807) is 0 Å². The van der Waals surface area contributed by atoms with E-state index in [2.05, 4.69) is 240 Å². The van der Waals surface area contributed by atoms with Gasteiger partial charge in [-0.05, 0) is 150 Å². The Balaban J connectivity index is 1.06. The third kappa shape index (κ3) is 5.98. The van der Waals surface area contributed by atoms with Crippen LogP contribution in [0.4, 0.5) is 17.1 Å². The minimum atomic E-state index is 1.12. The first-order valence-corrected chi connectivity index (χ1v) is 20.3. The summed E-state index contributed by atoms with van der Waals surface area (Å²) in [4.78, 5) is 2.31. The van der Waals surface area contributed by atoms with E-state index in [9.17, 15) is 0 Å². The molecule has 0 aliphatic heterocycles. The highest BCUT2D eigenvalue weighted by atomic mass is 15.1. The van der Waals surface area contributed by atoms with Crippen molar-refractivity contribution in [2.45, 2.75) is 13.8 Å². The topological polar surface area (TPSA) is 13.1 Å². The molecule has 0 bridgehead atoms. The van der Waals surface area contributed by atoms with Crippen LogP contribution in [0, 0.1) is 13.8 Å². The van der Waals surface area contributed by atoms with Gasteiger partial charge in [-0.15, -0.1) is 0 Å². The van der Waals surface area contributed by atoms with Crippen molar-refractivity contribution in [1.29, 1.82) is 0 Å². The van der Waals surface area contributed by atoms with Crippen molar-refractivity contribution in [2.75, 3.05) is 4.90 Å². The van der Waals surface area contributed by atoms with E-state index in [0.29, 0.717) is 0 Å². The number of rotatable bonds is 7. The Labute approximate surface area is 344 Å². The summed E-state index contributed by atoms with van der Waals surface area (Å²) in [5.74, 6) is 0. The molecular weight excluding hydrogens is 715 g/mol. The molecule has 0 saturated heterocycles. The monoisotopic (exact) mass is 755 g/mol.